The van der Waals surface area contributed by atoms with Crippen LogP contribution in [0.5, 0.6) is 0 Å². The van der Waals surface area contributed by atoms with Crippen LogP contribution in [-0.2, 0) is 15.3 Å². The Kier molecular flexibility index (Phi) is 7.16. The second-order valence-corrected chi connectivity index (χ2v) is 7.42. The molecule has 2 rings (SSSR count). The summed E-state index contributed by atoms with van der Waals surface area (Å²) >= 11 is 2.96. The van der Waals surface area contributed by atoms with Gasteiger partial charge in [-0.25, -0.2) is 14.6 Å². The maximum absolute atomic E-state index is 12.6. The van der Waals surface area contributed by atoms with Crippen LogP contribution in [0.2, 0.25) is 0 Å². The Morgan fingerprint density at radius 2 is 2.04 bits per heavy atom. The monoisotopic (exact) mass is 393 g/mol. The first-order chi connectivity index (χ1) is 12.4. The zero-order valence-corrected chi connectivity index (χ0v) is 15.9. The van der Waals surface area contributed by atoms with Gasteiger partial charge in [-0.05, 0) is 18.1 Å². The van der Waals surface area contributed by atoms with E-state index in [1.807, 2.05) is 22.8 Å². The van der Waals surface area contributed by atoms with E-state index in [1.54, 1.807) is 31.5 Å². The highest BCUT2D eigenvalue weighted by molar-refractivity contribution is 7.98. The maximum atomic E-state index is 12.6. The maximum Gasteiger partial charge on any atom is 0.340 e. The number of aromatic nitrogens is 1. The van der Waals surface area contributed by atoms with E-state index in [2.05, 4.69) is 4.98 Å². The van der Waals surface area contributed by atoms with Crippen molar-refractivity contribution >= 4 is 41.0 Å². The van der Waals surface area contributed by atoms with Crippen LogP contribution in [0.1, 0.15) is 29.9 Å². The second kappa shape index (κ2) is 9.35. The number of urea groups is 1. The van der Waals surface area contributed by atoms with Crippen LogP contribution in [0.4, 0.5) is 4.79 Å². The van der Waals surface area contributed by atoms with E-state index in [0.717, 1.165) is 10.6 Å². The van der Waals surface area contributed by atoms with Crippen molar-refractivity contribution < 1.29 is 19.1 Å². The van der Waals surface area contributed by atoms with Gasteiger partial charge in [-0.1, -0.05) is 26.0 Å². The number of carbonyl (C=O) groups is 3. The van der Waals surface area contributed by atoms with E-state index in [9.17, 15) is 14.4 Å². The summed E-state index contributed by atoms with van der Waals surface area (Å²) in [6.45, 7) is 3.42. The summed E-state index contributed by atoms with van der Waals surface area (Å²) in [6.07, 6.45) is -1.12. The summed E-state index contributed by atoms with van der Waals surface area (Å²) in [5, 5.41) is 3.89. The molecule has 1 unspecified atom stereocenters. The molecule has 26 heavy (non-hydrogen) atoms. The molecule has 7 nitrogen and oxygen atoms in total. The normalized spacial score (nSPS) is 11.8. The minimum Gasteiger partial charge on any atom is -0.448 e. The van der Waals surface area contributed by atoms with Gasteiger partial charge in [0.15, 0.2) is 6.10 Å². The minimum atomic E-state index is -1.12. The Hall–Kier alpha value is -2.39. The SMILES string of the molecule is CC(C)C(OC(=O)c1ccccc1SCc1cscn1)C(=O)NC(N)=O. The minimum absolute atomic E-state index is 0.326. The van der Waals surface area contributed by atoms with Crippen LogP contribution in [0.15, 0.2) is 40.1 Å². The van der Waals surface area contributed by atoms with Gasteiger partial charge in [0.1, 0.15) is 0 Å². The Balaban J connectivity index is 2.12. The first kappa shape index (κ1) is 19.9. The lowest BCUT2D eigenvalue weighted by atomic mass is 10.1. The van der Waals surface area contributed by atoms with Crippen molar-refractivity contribution in [3.63, 3.8) is 0 Å². The number of amides is 3. The Bertz CT molecular complexity index is 778. The molecule has 1 atom stereocenters. The number of nitrogens with one attached hydrogen (secondary N) is 1. The van der Waals surface area contributed by atoms with E-state index in [0.29, 0.717) is 11.3 Å². The van der Waals surface area contributed by atoms with Crippen LogP contribution >= 0.6 is 23.1 Å². The van der Waals surface area contributed by atoms with Gasteiger partial charge in [0.05, 0.1) is 16.8 Å². The van der Waals surface area contributed by atoms with Crippen molar-refractivity contribution in [1.82, 2.24) is 10.3 Å². The van der Waals surface area contributed by atoms with Gasteiger partial charge >= 0.3 is 12.0 Å². The van der Waals surface area contributed by atoms with E-state index in [4.69, 9.17) is 10.5 Å². The molecule has 1 aromatic heterocycles. The average molecular weight is 393 g/mol. The molecule has 9 heteroatoms. The molecule has 0 fully saturated rings. The molecular formula is C17H19N3O4S2. The van der Waals surface area contributed by atoms with E-state index < -0.39 is 24.0 Å². The average Bonchev–Trinajstić information content (AvgIpc) is 3.10. The third-order valence-corrected chi connectivity index (χ3v) is 5.05. The van der Waals surface area contributed by atoms with Crippen LogP contribution in [0.3, 0.4) is 0 Å². The van der Waals surface area contributed by atoms with Gasteiger partial charge in [-0.2, -0.15) is 0 Å². The Morgan fingerprint density at radius 3 is 2.65 bits per heavy atom. The molecule has 0 saturated heterocycles. The summed E-state index contributed by atoms with van der Waals surface area (Å²) in [5.74, 6) is -1.09. The number of carbonyl (C=O) groups excluding carboxylic acids is 3. The summed E-state index contributed by atoms with van der Waals surface area (Å²) in [4.78, 5) is 40.4. The number of ether oxygens (including phenoxy) is 1. The van der Waals surface area contributed by atoms with Crippen molar-refractivity contribution in [2.45, 2.75) is 30.6 Å². The molecule has 0 spiro atoms. The van der Waals surface area contributed by atoms with Crippen LogP contribution in [0, 0.1) is 5.92 Å². The molecule has 2 aromatic rings. The van der Waals surface area contributed by atoms with Crippen LogP contribution in [-0.4, -0.2) is 29.0 Å². The van der Waals surface area contributed by atoms with Gasteiger partial charge in [-0.15, -0.1) is 23.1 Å². The third kappa shape index (κ3) is 5.57. The number of rotatable bonds is 7. The number of imide groups is 1. The summed E-state index contributed by atoms with van der Waals surface area (Å²) < 4.78 is 5.35. The predicted octanol–water partition coefficient (Wildman–Crippen LogP) is 2.81. The number of thioether (sulfide) groups is 1. The lowest BCUT2D eigenvalue weighted by Crippen LogP contribution is -2.45. The number of benzene rings is 1. The molecular weight excluding hydrogens is 374 g/mol. The van der Waals surface area contributed by atoms with Gasteiger partial charge in [-0.3, -0.25) is 10.1 Å². The molecule has 0 bridgehead atoms. The number of nitrogens with two attached hydrogens (primary N) is 1. The molecule has 3 amide bonds. The fourth-order valence-electron chi connectivity index (χ4n) is 2.09. The fraction of sp³-hybridized carbons (Fsp3) is 0.294. The third-order valence-electron chi connectivity index (χ3n) is 3.31. The molecule has 1 aromatic carbocycles. The fourth-order valence-corrected chi connectivity index (χ4v) is 3.69. The Morgan fingerprint density at radius 1 is 1.31 bits per heavy atom. The lowest BCUT2D eigenvalue weighted by Gasteiger charge is -2.20. The van der Waals surface area contributed by atoms with Crippen LogP contribution in [0.25, 0.3) is 0 Å². The largest absolute Gasteiger partial charge is 0.448 e. The van der Waals surface area contributed by atoms with Crippen molar-refractivity contribution in [3.05, 3.63) is 46.4 Å². The number of nitrogens with zero attached hydrogens (tertiary/aromatic N) is 1. The predicted molar refractivity (Wildman–Crippen MR) is 99.9 cm³/mol. The molecule has 0 aliphatic carbocycles. The van der Waals surface area contributed by atoms with Crippen molar-refractivity contribution in [2.75, 3.05) is 0 Å². The van der Waals surface area contributed by atoms with Crippen molar-refractivity contribution in [2.24, 2.45) is 11.7 Å². The van der Waals surface area contributed by atoms with E-state index >= 15 is 0 Å². The number of primary amides is 1. The first-order valence-corrected chi connectivity index (χ1v) is 9.71. The summed E-state index contributed by atoms with van der Waals surface area (Å²) in [6, 6.07) is 5.99. The van der Waals surface area contributed by atoms with Crippen molar-refractivity contribution in [1.29, 1.82) is 0 Å². The number of hydrogen-bond donors (Lipinski definition) is 2. The zero-order chi connectivity index (χ0) is 19.1. The molecule has 0 saturated carbocycles. The Labute approximate surface area is 159 Å². The molecule has 1 heterocycles. The van der Waals surface area contributed by atoms with E-state index in [-0.39, 0.29) is 5.92 Å². The molecule has 138 valence electrons. The topological polar surface area (TPSA) is 111 Å². The lowest BCUT2D eigenvalue weighted by molar-refractivity contribution is -0.130. The van der Waals surface area contributed by atoms with Gasteiger partial charge in [0.2, 0.25) is 0 Å². The molecule has 0 aliphatic rings. The standard InChI is InChI=1S/C17H19N3O4S2/c1-10(2)14(15(21)20-17(18)23)24-16(22)12-5-3-4-6-13(12)26-8-11-7-25-9-19-11/h3-7,9-10,14H,8H2,1-2H3,(H3,18,20,21,23). The smallest absolute Gasteiger partial charge is 0.340 e. The van der Waals surface area contributed by atoms with Crippen LogP contribution < -0.4 is 11.1 Å². The van der Waals surface area contributed by atoms with Gasteiger partial charge in [0, 0.05) is 16.0 Å². The first-order valence-electron chi connectivity index (χ1n) is 7.78. The molecule has 0 aliphatic heterocycles. The number of thiazole rings is 1. The van der Waals surface area contributed by atoms with E-state index in [1.165, 1.54) is 23.1 Å². The summed E-state index contributed by atoms with van der Waals surface area (Å²) in [5.41, 5.74) is 7.99. The van der Waals surface area contributed by atoms with Gasteiger partial charge < -0.3 is 10.5 Å². The molecule has 3 N–H and O–H groups in total. The second-order valence-electron chi connectivity index (χ2n) is 5.69. The number of hydrogen-bond acceptors (Lipinski definition) is 7. The van der Waals surface area contributed by atoms with Gasteiger partial charge in [0.25, 0.3) is 5.91 Å². The van der Waals surface area contributed by atoms with Crippen molar-refractivity contribution in [3.8, 4) is 0 Å². The zero-order valence-electron chi connectivity index (χ0n) is 14.3. The molecule has 0 radical (unpaired) electrons. The quantitative estimate of drug-likeness (QED) is 0.553. The summed E-state index contributed by atoms with van der Waals surface area (Å²) in [7, 11) is 0. The highest BCUT2D eigenvalue weighted by Gasteiger charge is 2.28. The number of esters is 1. The highest BCUT2D eigenvalue weighted by Crippen LogP contribution is 2.27. The highest BCUT2D eigenvalue weighted by atomic mass is 32.2.